The molecule has 0 aliphatic carbocycles. The van der Waals surface area contributed by atoms with Crippen molar-refractivity contribution in [2.24, 2.45) is 0 Å². The van der Waals surface area contributed by atoms with Gasteiger partial charge in [-0.3, -0.25) is 0 Å². The minimum atomic E-state index is -4.14. The molecule has 1 unspecified atom stereocenters. The number of hydrogen-bond acceptors (Lipinski definition) is 3. The number of rotatable bonds is 7. The Morgan fingerprint density at radius 1 is 1.15 bits per heavy atom. The summed E-state index contributed by atoms with van der Waals surface area (Å²) in [4.78, 5) is 0. The smallest absolute Gasteiger partial charge is 0.390 e. The van der Waals surface area contributed by atoms with Crippen molar-refractivity contribution < 1.29 is 22.6 Å². The van der Waals surface area contributed by atoms with Crippen LogP contribution in [0.25, 0.3) is 0 Å². The van der Waals surface area contributed by atoms with Crippen LogP contribution in [-0.4, -0.2) is 26.9 Å². The number of ether oxygens (including phenoxy) is 2. The molecular weight excluding hydrogens is 271 g/mol. The molecule has 0 fully saturated rings. The summed E-state index contributed by atoms with van der Waals surface area (Å²) in [7, 11) is 3.07. The summed E-state index contributed by atoms with van der Waals surface area (Å²) in [5, 5.41) is 2.91. The number of benzene rings is 1. The summed E-state index contributed by atoms with van der Waals surface area (Å²) in [5.74, 6) is 1.17. The molecule has 1 aromatic rings. The largest absolute Gasteiger partial charge is 0.493 e. The molecule has 0 bridgehead atoms. The van der Waals surface area contributed by atoms with E-state index in [-0.39, 0.29) is 12.6 Å². The molecule has 0 radical (unpaired) electrons. The van der Waals surface area contributed by atoms with Crippen molar-refractivity contribution in [2.75, 3.05) is 20.8 Å². The van der Waals surface area contributed by atoms with E-state index in [2.05, 4.69) is 5.32 Å². The van der Waals surface area contributed by atoms with E-state index < -0.39 is 12.6 Å². The summed E-state index contributed by atoms with van der Waals surface area (Å²) >= 11 is 0. The Morgan fingerprint density at radius 3 is 2.30 bits per heavy atom. The highest BCUT2D eigenvalue weighted by Gasteiger charge is 2.26. The Balaban J connectivity index is 2.74. The second-order valence-electron chi connectivity index (χ2n) is 4.39. The Labute approximate surface area is 117 Å². The molecule has 0 amide bonds. The van der Waals surface area contributed by atoms with Gasteiger partial charge in [0, 0.05) is 12.6 Å². The van der Waals surface area contributed by atoms with Gasteiger partial charge in [0.1, 0.15) is 0 Å². The van der Waals surface area contributed by atoms with Crippen molar-refractivity contribution in [2.45, 2.75) is 32.0 Å². The SMILES string of the molecule is CCC(NCCC(F)(F)F)c1ccc(OC)c(OC)c1. The molecule has 20 heavy (non-hydrogen) atoms. The molecule has 0 saturated carbocycles. The summed E-state index contributed by atoms with van der Waals surface area (Å²) in [6.07, 6.45) is -4.28. The number of methoxy groups -OCH3 is 2. The van der Waals surface area contributed by atoms with E-state index >= 15 is 0 Å². The molecule has 6 heteroatoms. The third kappa shape index (κ3) is 4.92. The fraction of sp³-hybridized carbons (Fsp3) is 0.571. The van der Waals surface area contributed by atoms with Crippen LogP contribution in [0.4, 0.5) is 13.2 Å². The fourth-order valence-electron chi connectivity index (χ4n) is 1.96. The number of hydrogen-bond donors (Lipinski definition) is 1. The highest BCUT2D eigenvalue weighted by Crippen LogP contribution is 2.31. The average Bonchev–Trinajstić information content (AvgIpc) is 2.41. The van der Waals surface area contributed by atoms with E-state index in [9.17, 15) is 13.2 Å². The van der Waals surface area contributed by atoms with Gasteiger partial charge in [-0.2, -0.15) is 13.2 Å². The van der Waals surface area contributed by atoms with E-state index in [1.54, 1.807) is 12.1 Å². The number of nitrogens with one attached hydrogen (secondary N) is 1. The first kappa shape index (κ1) is 16.6. The molecule has 0 aromatic heterocycles. The normalized spacial score (nSPS) is 13.1. The van der Waals surface area contributed by atoms with Crippen LogP contribution in [-0.2, 0) is 0 Å². The molecule has 1 rings (SSSR count). The maximum Gasteiger partial charge on any atom is 0.390 e. The van der Waals surface area contributed by atoms with Crippen molar-refractivity contribution in [3.63, 3.8) is 0 Å². The first-order chi connectivity index (χ1) is 9.41. The van der Waals surface area contributed by atoms with Gasteiger partial charge in [0.05, 0.1) is 20.6 Å². The van der Waals surface area contributed by atoms with Gasteiger partial charge in [-0.25, -0.2) is 0 Å². The Hall–Kier alpha value is -1.43. The van der Waals surface area contributed by atoms with Crippen LogP contribution in [0, 0.1) is 0 Å². The Morgan fingerprint density at radius 2 is 1.80 bits per heavy atom. The van der Waals surface area contributed by atoms with Gasteiger partial charge in [-0.15, -0.1) is 0 Å². The van der Waals surface area contributed by atoms with E-state index in [1.165, 1.54) is 14.2 Å². The molecule has 0 saturated heterocycles. The van der Waals surface area contributed by atoms with E-state index in [1.807, 2.05) is 13.0 Å². The van der Waals surface area contributed by atoms with Crippen LogP contribution in [0.15, 0.2) is 18.2 Å². The third-order valence-corrected chi connectivity index (χ3v) is 3.02. The monoisotopic (exact) mass is 291 g/mol. The second kappa shape index (κ2) is 7.38. The van der Waals surface area contributed by atoms with Crippen molar-refractivity contribution in [3.8, 4) is 11.5 Å². The van der Waals surface area contributed by atoms with Crippen LogP contribution >= 0.6 is 0 Å². The fourth-order valence-corrected chi connectivity index (χ4v) is 1.96. The standard InChI is InChI=1S/C14H20F3NO2/c1-4-11(18-8-7-14(15,16)17)10-5-6-12(19-2)13(9-10)20-3/h5-6,9,11,18H,4,7-8H2,1-3H3. The minimum Gasteiger partial charge on any atom is -0.493 e. The molecule has 1 atom stereocenters. The molecule has 0 aliphatic rings. The molecule has 0 aliphatic heterocycles. The predicted octanol–water partition coefficient (Wildman–Crippen LogP) is 3.70. The maximum absolute atomic E-state index is 12.2. The molecule has 0 spiro atoms. The van der Waals surface area contributed by atoms with Crippen LogP contribution in [0.2, 0.25) is 0 Å². The summed E-state index contributed by atoms with van der Waals surface area (Å²) < 4.78 is 46.8. The zero-order valence-electron chi connectivity index (χ0n) is 11.9. The lowest BCUT2D eigenvalue weighted by molar-refractivity contribution is -0.133. The third-order valence-electron chi connectivity index (χ3n) is 3.02. The van der Waals surface area contributed by atoms with Crippen molar-refractivity contribution in [1.29, 1.82) is 0 Å². The predicted molar refractivity (Wildman–Crippen MR) is 71.3 cm³/mol. The van der Waals surface area contributed by atoms with Crippen molar-refractivity contribution in [3.05, 3.63) is 23.8 Å². The van der Waals surface area contributed by atoms with Crippen LogP contribution in [0.1, 0.15) is 31.4 Å². The number of halogens is 3. The molecule has 0 heterocycles. The summed E-state index contributed by atoms with van der Waals surface area (Å²) in [6, 6.07) is 5.23. The molecule has 1 N–H and O–H groups in total. The minimum absolute atomic E-state index is 0.101. The zero-order chi connectivity index (χ0) is 15.2. The second-order valence-corrected chi connectivity index (χ2v) is 4.39. The summed E-state index contributed by atoms with van der Waals surface area (Å²) in [5.41, 5.74) is 0.882. The highest BCUT2D eigenvalue weighted by atomic mass is 19.4. The van der Waals surface area contributed by atoms with Gasteiger partial charge in [0.25, 0.3) is 0 Å². The quantitative estimate of drug-likeness (QED) is 0.831. The molecular formula is C14H20F3NO2. The van der Waals surface area contributed by atoms with Crippen molar-refractivity contribution in [1.82, 2.24) is 5.32 Å². The average molecular weight is 291 g/mol. The lowest BCUT2D eigenvalue weighted by Crippen LogP contribution is -2.25. The zero-order valence-corrected chi connectivity index (χ0v) is 11.9. The van der Waals surface area contributed by atoms with Crippen molar-refractivity contribution >= 4 is 0 Å². The van der Waals surface area contributed by atoms with Gasteiger partial charge < -0.3 is 14.8 Å². The van der Waals surface area contributed by atoms with Crippen LogP contribution < -0.4 is 14.8 Å². The number of alkyl halides is 3. The lowest BCUT2D eigenvalue weighted by Gasteiger charge is -2.19. The van der Waals surface area contributed by atoms with Gasteiger partial charge in [0.15, 0.2) is 11.5 Å². The van der Waals surface area contributed by atoms with Gasteiger partial charge >= 0.3 is 6.18 Å². The molecule has 3 nitrogen and oxygen atoms in total. The van der Waals surface area contributed by atoms with E-state index in [0.29, 0.717) is 17.9 Å². The van der Waals surface area contributed by atoms with Crippen LogP contribution in [0.5, 0.6) is 11.5 Å². The lowest BCUT2D eigenvalue weighted by atomic mass is 10.0. The first-order valence-electron chi connectivity index (χ1n) is 6.43. The van der Waals surface area contributed by atoms with Crippen LogP contribution in [0.3, 0.4) is 0 Å². The topological polar surface area (TPSA) is 30.5 Å². The first-order valence-corrected chi connectivity index (χ1v) is 6.43. The van der Waals surface area contributed by atoms with Gasteiger partial charge in [-0.05, 0) is 24.1 Å². The van der Waals surface area contributed by atoms with Gasteiger partial charge in [-0.1, -0.05) is 13.0 Å². The Kier molecular flexibility index (Phi) is 6.13. The van der Waals surface area contributed by atoms with E-state index in [4.69, 9.17) is 9.47 Å². The Bertz CT molecular complexity index is 421. The highest BCUT2D eigenvalue weighted by molar-refractivity contribution is 5.43. The molecule has 1 aromatic carbocycles. The summed E-state index contributed by atoms with van der Waals surface area (Å²) in [6.45, 7) is 1.82. The van der Waals surface area contributed by atoms with Gasteiger partial charge in [0.2, 0.25) is 0 Å². The molecule has 114 valence electrons. The van der Waals surface area contributed by atoms with E-state index in [0.717, 1.165) is 5.56 Å². The maximum atomic E-state index is 12.2.